The van der Waals surface area contributed by atoms with Crippen LogP contribution < -0.4 is 10.1 Å². The van der Waals surface area contributed by atoms with E-state index in [1.807, 2.05) is 45.0 Å². The molecule has 3 rings (SSSR count). The van der Waals surface area contributed by atoms with E-state index in [0.29, 0.717) is 12.4 Å². The fourth-order valence-corrected chi connectivity index (χ4v) is 2.70. The van der Waals surface area contributed by atoms with Crippen molar-refractivity contribution in [3.63, 3.8) is 0 Å². The Kier molecular flexibility index (Phi) is 5.46. The maximum absolute atomic E-state index is 5.51. The minimum Gasteiger partial charge on any atom is -0.494 e. The van der Waals surface area contributed by atoms with E-state index in [4.69, 9.17) is 9.72 Å². The van der Waals surface area contributed by atoms with Gasteiger partial charge in [0.15, 0.2) is 5.82 Å². The van der Waals surface area contributed by atoms with Crippen LogP contribution in [0.25, 0.3) is 11.4 Å². The topological polar surface area (TPSA) is 59.9 Å². The molecule has 0 saturated carbocycles. The number of nitrogens with one attached hydrogen (secondary N) is 1. The lowest BCUT2D eigenvalue weighted by Crippen LogP contribution is -2.11. The Balaban J connectivity index is 1.85. The Morgan fingerprint density at radius 3 is 2.50 bits per heavy atom. The summed E-state index contributed by atoms with van der Waals surface area (Å²) in [4.78, 5) is 13.5. The van der Waals surface area contributed by atoms with Gasteiger partial charge >= 0.3 is 0 Å². The van der Waals surface area contributed by atoms with Crippen molar-refractivity contribution in [3.05, 3.63) is 65.6 Å². The summed E-state index contributed by atoms with van der Waals surface area (Å²) in [5.41, 5.74) is 4.09. The predicted molar refractivity (Wildman–Crippen MR) is 104 cm³/mol. The fourth-order valence-electron chi connectivity index (χ4n) is 2.70. The molecule has 0 aliphatic heterocycles. The molecular weight excluding hydrogens is 324 g/mol. The monoisotopic (exact) mass is 348 g/mol. The van der Waals surface area contributed by atoms with Crippen LogP contribution in [0.5, 0.6) is 5.75 Å². The van der Waals surface area contributed by atoms with Crippen LogP contribution in [0.3, 0.4) is 0 Å². The number of hydrogen-bond acceptors (Lipinski definition) is 5. The second-order valence-electron chi connectivity index (χ2n) is 6.22. The van der Waals surface area contributed by atoms with Crippen molar-refractivity contribution in [1.82, 2.24) is 15.0 Å². The zero-order valence-corrected chi connectivity index (χ0v) is 15.7. The second-order valence-corrected chi connectivity index (χ2v) is 6.22. The summed E-state index contributed by atoms with van der Waals surface area (Å²) in [5.74, 6) is 2.41. The number of aromatic nitrogens is 3. The Hall–Kier alpha value is -2.95. The average molecular weight is 348 g/mol. The molecule has 1 atom stereocenters. The molecule has 0 radical (unpaired) electrons. The molecule has 0 aliphatic carbocycles. The summed E-state index contributed by atoms with van der Waals surface area (Å²) in [5, 5.41) is 3.52. The molecule has 3 aromatic rings. The van der Waals surface area contributed by atoms with Gasteiger partial charge in [0.2, 0.25) is 0 Å². The van der Waals surface area contributed by atoms with Gasteiger partial charge in [-0.15, -0.1) is 0 Å². The molecule has 2 heterocycles. The zero-order chi connectivity index (χ0) is 18.5. The van der Waals surface area contributed by atoms with Crippen molar-refractivity contribution >= 4 is 5.82 Å². The van der Waals surface area contributed by atoms with Gasteiger partial charge in [-0.25, -0.2) is 9.97 Å². The van der Waals surface area contributed by atoms with Crippen molar-refractivity contribution in [2.45, 2.75) is 33.7 Å². The fraction of sp³-hybridized carbons (Fsp3) is 0.286. The van der Waals surface area contributed by atoms with Crippen molar-refractivity contribution in [1.29, 1.82) is 0 Å². The van der Waals surface area contributed by atoms with Crippen LogP contribution in [0, 0.1) is 13.8 Å². The van der Waals surface area contributed by atoms with Gasteiger partial charge in [0, 0.05) is 35.3 Å². The Morgan fingerprint density at radius 1 is 1.08 bits per heavy atom. The van der Waals surface area contributed by atoms with Crippen molar-refractivity contribution in [3.8, 4) is 17.1 Å². The van der Waals surface area contributed by atoms with Crippen LogP contribution in [-0.4, -0.2) is 21.6 Å². The van der Waals surface area contributed by atoms with E-state index in [9.17, 15) is 0 Å². The summed E-state index contributed by atoms with van der Waals surface area (Å²) in [6.07, 6.45) is 3.53. The van der Waals surface area contributed by atoms with E-state index in [1.165, 1.54) is 5.56 Å². The van der Waals surface area contributed by atoms with Crippen molar-refractivity contribution < 1.29 is 4.74 Å². The summed E-state index contributed by atoms with van der Waals surface area (Å²) in [6.45, 7) is 8.82. The molecule has 1 aromatic carbocycles. The van der Waals surface area contributed by atoms with E-state index in [2.05, 4.69) is 34.3 Å². The van der Waals surface area contributed by atoms with E-state index in [-0.39, 0.29) is 6.04 Å². The lowest BCUT2D eigenvalue weighted by atomic mass is 10.1. The van der Waals surface area contributed by atoms with Crippen LogP contribution in [0.15, 0.2) is 48.8 Å². The normalized spacial score (nSPS) is 11.8. The zero-order valence-electron chi connectivity index (χ0n) is 15.7. The van der Waals surface area contributed by atoms with Crippen LogP contribution in [-0.2, 0) is 0 Å². The summed E-state index contributed by atoms with van der Waals surface area (Å²) in [7, 11) is 0. The smallest absolute Gasteiger partial charge is 0.163 e. The molecule has 0 fully saturated rings. The SMILES string of the molecule is CCOc1ccc(C(C)Nc2nc(-c3cccnc3)nc(C)c2C)cc1. The number of hydrogen-bond donors (Lipinski definition) is 1. The molecule has 2 aromatic heterocycles. The number of nitrogens with zero attached hydrogens (tertiary/aromatic N) is 3. The van der Waals surface area contributed by atoms with E-state index in [1.54, 1.807) is 12.4 Å². The number of ether oxygens (including phenoxy) is 1. The molecule has 1 N–H and O–H groups in total. The highest BCUT2D eigenvalue weighted by molar-refractivity contribution is 5.59. The third-order valence-corrected chi connectivity index (χ3v) is 4.35. The number of aryl methyl sites for hydroxylation is 1. The van der Waals surface area contributed by atoms with Crippen LogP contribution in [0.1, 0.15) is 36.7 Å². The minimum atomic E-state index is 0.112. The first-order valence-electron chi connectivity index (χ1n) is 8.83. The van der Waals surface area contributed by atoms with Gasteiger partial charge in [-0.3, -0.25) is 4.98 Å². The van der Waals surface area contributed by atoms with Crippen molar-refractivity contribution in [2.24, 2.45) is 0 Å². The highest BCUT2D eigenvalue weighted by Gasteiger charge is 2.13. The summed E-state index contributed by atoms with van der Waals surface area (Å²) >= 11 is 0. The Labute approximate surface area is 154 Å². The Morgan fingerprint density at radius 2 is 1.85 bits per heavy atom. The van der Waals surface area contributed by atoms with Gasteiger partial charge in [-0.2, -0.15) is 0 Å². The number of anilines is 1. The van der Waals surface area contributed by atoms with Crippen LogP contribution >= 0.6 is 0 Å². The van der Waals surface area contributed by atoms with E-state index >= 15 is 0 Å². The van der Waals surface area contributed by atoms with E-state index in [0.717, 1.165) is 28.4 Å². The van der Waals surface area contributed by atoms with Gasteiger partial charge in [0.1, 0.15) is 11.6 Å². The van der Waals surface area contributed by atoms with Gasteiger partial charge in [-0.1, -0.05) is 12.1 Å². The molecule has 5 heteroatoms. The second kappa shape index (κ2) is 7.95. The van der Waals surface area contributed by atoms with Gasteiger partial charge in [0.05, 0.1) is 6.61 Å². The van der Waals surface area contributed by atoms with Gasteiger partial charge < -0.3 is 10.1 Å². The molecule has 134 valence electrons. The average Bonchev–Trinajstić information content (AvgIpc) is 2.66. The lowest BCUT2D eigenvalue weighted by molar-refractivity contribution is 0.340. The molecule has 0 amide bonds. The number of benzene rings is 1. The van der Waals surface area contributed by atoms with Crippen molar-refractivity contribution in [2.75, 3.05) is 11.9 Å². The van der Waals surface area contributed by atoms with Crippen LogP contribution in [0.2, 0.25) is 0 Å². The minimum absolute atomic E-state index is 0.112. The number of pyridine rings is 1. The first kappa shape index (κ1) is 17.9. The molecule has 0 bridgehead atoms. The standard InChI is InChI=1S/C21H24N4O/c1-5-26-19-10-8-17(9-11-19)16(4)24-20-14(2)15(3)23-21(25-20)18-7-6-12-22-13-18/h6-13,16H,5H2,1-4H3,(H,23,24,25). The molecule has 0 aliphatic rings. The molecular formula is C21H24N4O. The Bertz CT molecular complexity index is 863. The van der Waals surface area contributed by atoms with Gasteiger partial charge in [0.25, 0.3) is 0 Å². The highest BCUT2D eigenvalue weighted by atomic mass is 16.5. The quantitative estimate of drug-likeness (QED) is 0.698. The third kappa shape index (κ3) is 3.99. The largest absolute Gasteiger partial charge is 0.494 e. The molecule has 5 nitrogen and oxygen atoms in total. The molecule has 26 heavy (non-hydrogen) atoms. The highest BCUT2D eigenvalue weighted by Crippen LogP contribution is 2.26. The molecule has 1 unspecified atom stereocenters. The number of rotatable bonds is 6. The first-order chi connectivity index (χ1) is 12.6. The molecule has 0 spiro atoms. The lowest BCUT2D eigenvalue weighted by Gasteiger charge is -2.18. The molecule has 0 saturated heterocycles. The first-order valence-corrected chi connectivity index (χ1v) is 8.83. The predicted octanol–water partition coefficient (Wildman–Crippen LogP) is 4.73. The van der Waals surface area contributed by atoms with Gasteiger partial charge in [-0.05, 0) is 57.5 Å². The summed E-state index contributed by atoms with van der Waals surface area (Å²) < 4.78 is 5.51. The van der Waals surface area contributed by atoms with Crippen LogP contribution in [0.4, 0.5) is 5.82 Å². The summed E-state index contributed by atoms with van der Waals surface area (Å²) in [6, 6.07) is 12.1. The third-order valence-electron chi connectivity index (χ3n) is 4.35. The maximum Gasteiger partial charge on any atom is 0.163 e. The maximum atomic E-state index is 5.51. The van der Waals surface area contributed by atoms with E-state index < -0.39 is 0 Å².